The Morgan fingerprint density at radius 3 is 2.65 bits per heavy atom. The molecule has 9 heteroatoms. The minimum absolute atomic E-state index is 0.0102. The van der Waals surface area contributed by atoms with E-state index < -0.39 is 21.1 Å². The lowest BCUT2D eigenvalue weighted by atomic mass is 10.1. The second-order valence-electron chi connectivity index (χ2n) is 5.28. The fraction of sp³-hybridized carbons (Fsp3) is 0.0588. The molecule has 1 aromatic heterocycles. The van der Waals surface area contributed by atoms with Gasteiger partial charge < -0.3 is 14.3 Å². The number of nitrogens with zero attached hydrogens (tertiary/aromatic N) is 1. The Kier molecular flexibility index (Phi) is 5.01. The maximum absolute atomic E-state index is 11.8. The summed E-state index contributed by atoms with van der Waals surface area (Å²) in [7, 11) is -4.66. The summed E-state index contributed by atoms with van der Waals surface area (Å²) in [6.07, 6.45) is 1.10. The number of furan rings is 1. The summed E-state index contributed by atoms with van der Waals surface area (Å²) in [6.45, 7) is -0.0102. The van der Waals surface area contributed by atoms with E-state index in [0.717, 1.165) is 28.7 Å². The highest BCUT2D eigenvalue weighted by atomic mass is 32.2. The third-order valence-electron chi connectivity index (χ3n) is 3.46. The summed E-state index contributed by atoms with van der Waals surface area (Å²) in [5.41, 5.74) is 3.10. The Balaban J connectivity index is 1.57. The molecular weight excluding hydrogens is 358 g/mol. The standard InChI is InChI=1S/C17H15N3O5S/c21-16(20-19-10-13-8-9-17(25-13)26(22,23)24)11-18-15-7-3-5-12-4-1-2-6-14(12)15/h1-10,18H,11H2,(H,20,21)(H,22,23,24)/p-1. The number of hydrogen-bond donors (Lipinski definition) is 2. The molecule has 0 bridgehead atoms. The number of anilines is 1. The Morgan fingerprint density at radius 1 is 1.12 bits per heavy atom. The summed E-state index contributed by atoms with van der Waals surface area (Å²) in [5, 5.41) is 8.03. The van der Waals surface area contributed by atoms with Crippen molar-refractivity contribution in [2.24, 2.45) is 5.10 Å². The van der Waals surface area contributed by atoms with Gasteiger partial charge in [-0.05, 0) is 23.6 Å². The lowest BCUT2D eigenvalue weighted by Gasteiger charge is -2.08. The highest BCUT2D eigenvalue weighted by Crippen LogP contribution is 2.22. The SMILES string of the molecule is O=C(CNc1cccc2ccccc12)NN=Cc1ccc(S(=O)(=O)[O-])o1. The number of carbonyl (C=O) groups excluding carboxylic acids is 1. The van der Waals surface area contributed by atoms with Crippen molar-refractivity contribution in [3.63, 3.8) is 0 Å². The highest BCUT2D eigenvalue weighted by Gasteiger charge is 2.07. The van der Waals surface area contributed by atoms with Gasteiger partial charge in [0.1, 0.15) is 5.76 Å². The zero-order valence-electron chi connectivity index (χ0n) is 13.4. The molecule has 0 radical (unpaired) electrons. The number of rotatable bonds is 6. The highest BCUT2D eigenvalue weighted by molar-refractivity contribution is 7.85. The van der Waals surface area contributed by atoms with Crippen molar-refractivity contribution >= 4 is 38.7 Å². The predicted octanol–water partition coefficient (Wildman–Crippen LogP) is 1.90. The Bertz CT molecular complexity index is 1070. The molecule has 1 amide bonds. The largest absolute Gasteiger partial charge is 0.742 e. The van der Waals surface area contributed by atoms with Crippen LogP contribution in [0.2, 0.25) is 0 Å². The quantitative estimate of drug-likeness (QED) is 0.387. The van der Waals surface area contributed by atoms with Crippen LogP contribution in [0.1, 0.15) is 5.76 Å². The number of nitrogens with one attached hydrogen (secondary N) is 2. The molecule has 0 unspecified atom stereocenters. The van der Waals surface area contributed by atoms with Crippen molar-refractivity contribution in [1.82, 2.24) is 5.43 Å². The molecule has 0 spiro atoms. The van der Waals surface area contributed by atoms with Gasteiger partial charge in [-0.3, -0.25) is 4.79 Å². The molecular formula is C17H14N3O5S-. The van der Waals surface area contributed by atoms with E-state index in [1.165, 1.54) is 6.07 Å². The van der Waals surface area contributed by atoms with Crippen molar-refractivity contribution in [3.8, 4) is 0 Å². The number of benzene rings is 2. The van der Waals surface area contributed by atoms with Gasteiger partial charge in [-0.2, -0.15) is 5.10 Å². The van der Waals surface area contributed by atoms with E-state index in [1.54, 1.807) is 0 Å². The van der Waals surface area contributed by atoms with Crippen molar-refractivity contribution < 1.29 is 22.2 Å². The van der Waals surface area contributed by atoms with Crippen LogP contribution >= 0.6 is 0 Å². The van der Waals surface area contributed by atoms with E-state index in [1.807, 2.05) is 42.5 Å². The van der Waals surface area contributed by atoms with Crippen LogP contribution in [0.25, 0.3) is 10.8 Å². The van der Waals surface area contributed by atoms with Crippen LogP contribution in [0.4, 0.5) is 5.69 Å². The molecule has 2 N–H and O–H groups in total. The Hall–Kier alpha value is -3.17. The smallest absolute Gasteiger partial charge is 0.259 e. The summed E-state index contributed by atoms with van der Waals surface area (Å²) in [6, 6.07) is 15.8. The van der Waals surface area contributed by atoms with Gasteiger partial charge in [0.25, 0.3) is 5.91 Å². The van der Waals surface area contributed by atoms with E-state index in [2.05, 4.69) is 15.8 Å². The van der Waals surface area contributed by atoms with E-state index >= 15 is 0 Å². The third kappa shape index (κ3) is 4.26. The molecule has 134 valence electrons. The molecule has 8 nitrogen and oxygen atoms in total. The zero-order chi connectivity index (χ0) is 18.6. The number of amides is 1. The summed E-state index contributed by atoms with van der Waals surface area (Å²) in [4.78, 5) is 11.8. The molecule has 3 aromatic rings. The van der Waals surface area contributed by atoms with Crippen molar-refractivity contribution in [2.45, 2.75) is 5.09 Å². The van der Waals surface area contributed by atoms with Crippen LogP contribution in [-0.2, 0) is 14.9 Å². The average Bonchev–Trinajstić information content (AvgIpc) is 3.09. The van der Waals surface area contributed by atoms with Crippen LogP contribution < -0.4 is 10.7 Å². The molecule has 0 saturated carbocycles. The first kappa shape index (κ1) is 17.6. The minimum Gasteiger partial charge on any atom is -0.742 e. The maximum Gasteiger partial charge on any atom is 0.259 e. The second kappa shape index (κ2) is 7.38. The third-order valence-corrected chi connectivity index (χ3v) is 4.17. The number of fused-ring (bicyclic) bond motifs is 1. The molecule has 0 fully saturated rings. The van der Waals surface area contributed by atoms with Gasteiger partial charge in [-0.15, -0.1) is 0 Å². The summed E-state index contributed by atoms with van der Waals surface area (Å²) < 4.78 is 37.1. The number of carbonyl (C=O) groups is 1. The molecule has 0 aliphatic carbocycles. The maximum atomic E-state index is 11.8. The van der Waals surface area contributed by atoms with Gasteiger partial charge >= 0.3 is 0 Å². The molecule has 0 saturated heterocycles. The van der Waals surface area contributed by atoms with E-state index in [4.69, 9.17) is 4.42 Å². The molecule has 0 aliphatic heterocycles. The van der Waals surface area contributed by atoms with E-state index in [-0.39, 0.29) is 12.3 Å². The van der Waals surface area contributed by atoms with Crippen LogP contribution in [0.5, 0.6) is 0 Å². The molecule has 0 aliphatic rings. The predicted molar refractivity (Wildman–Crippen MR) is 94.8 cm³/mol. The lowest BCUT2D eigenvalue weighted by molar-refractivity contribution is -0.119. The van der Waals surface area contributed by atoms with Gasteiger partial charge in [0.2, 0.25) is 5.09 Å². The molecule has 1 heterocycles. The Labute approximate surface area is 149 Å². The van der Waals surface area contributed by atoms with Crippen LogP contribution in [0, 0.1) is 0 Å². The van der Waals surface area contributed by atoms with Crippen LogP contribution in [0.3, 0.4) is 0 Å². The van der Waals surface area contributed by atoms with E-state index in [0.29, 0.717) is 0 Å². The topological polar surface area (TPSA) is 124 Å². The van der Waals surface area contributed by atoms with Crippen LogP contribution in [0.15, 0.2) is 69.2 Å². The fourth-order valence-electron chi connectivity index (χ4n) is 2.30. The number of hydrogen-bond acceptors (Lipinski definition) is 7. The first-order chi connectivity index (χ1) is 12.4. The molecule has 26 heavy (non-hydrogen) atoms. The molecule has 2 aromatic carbocycles. The van der Waals surface area contributed by atoms with Crippen molar-refractivity contribution in [2.75, 3.05) is 11.9 Å². The number of hydrazone groups is 1. The Morgan fingerprint density at radius 2 is 1.88 bits per heavy atom. The average molecular weight is 372 g/mol. The fourth-order valence-corrected chi connectivity index (χ4v) is 2.73. The first-order valence-corrected chi connectivity index (χ1v) is 8.93. The van der Waals surface area contributed by atoms with Crippen LogP contribution in [-0.4, -0.2) is 31.6 Å². The first-order valence-electron chi connectivity index (χ1n) is 7.53. The summed E-state index contributed by atoms with van der Waals surface area (Å²) in [5.74, 6) is -0.376. The van der Waals surface area contributed by atoms with Crippen molar-refractivity contribution in [1.29, 1.82) is 0 Å². The van der Waals surface area contributed by atoms with E-state index in [9.17, 15) is 17.8 Å². The summed E-state index contributed by atoms with van der Waals surface area (Å²) >= 11 is 0. The molecule has 3 rings (SSSR count). The van der Waals surface area contributed by atoms with Gasteiger partial charge in [-0.25, -0.2) is 13.8 Å². The molecule has 0 atom stereocenters. The van der Waals surface area contributed by atoms with Crippen molar-refractivity contribution in [3.05, 3.63) is 60.4 Å². The zero-order valence-corrected chi connectivity index (χ0v) is 14.2. The lowest BCUT2D eigenvalue weighted by Crippen LogP contribution is -2.25. The van der Waals surface area contributed by atoms with Gasteiger partial charge in [-0.1, -0.05) is 36.4 Å². The monoisotopic (exact) mass is 372 g/mol. The van der Waals surface area contributed by atoms with Gasteiger partial charge in [0.15, 0.2) is 10.1 Å². The minimum atomic E-state index is -4.66. The van der Waals surface area contributed by atoms with Gasteiger partial charge in [0, 0.05) is 11.1 Å². The van der Waals surface area contributed by atoms with Gasteiger partial charge in [0.05, 0.1) is 12.8 Å². The normalized spacial score (nSPS) is 11.7. The second-order valence-corrected chi connectivity index (χ2v) is 6.59.